The maximum atomic E-state index is 12.6. The second-order valence-electron chi connectivity index (χ2n) is 5.79. The van der Waals surface area contributed by atoms with Gasteiger partial charge >= 0.3 is 0 Å². The molecule has 2 amide bonds. The van der Waals surface area contributed by atoms with Gasteiger partial charge in [-0.25, -0.2) is 4.90 Å². The van der Waals surface area contributed by atoms with Crippen molar-refractivity contribution in [3.05, 3.63) is 30.5 Å². The molecule has 0 spiro atoms. The molecule has 1 saturated heterocycles. The number of benzene rings is 1. The van der Waals surface area contributed by atoms with Gasteiger partial charge in [-0.15, -0.1) is 0 Å². The van der Waals surface area contributed by atoms with Crippen LogP contribution in [-0.2, 0) is 9.59 Å². The normalized spacial score (nSPS) is 24.9. The number of pyridine rings is 1. The smallest absolute Gasteiger partial charge is 0.236 e. The third-order valence-electron chi connectivity index (χ3n) is 4.59. The average Bonchev–Trinajstić information content (AvgIpc) is 2.95. The van der Waals surface area contributed by atoms with Gasteiger partial charge in [-0.1, -0.05) is 0 Å². The van der Waals surface area contributed by atoms with Gasteiger partial charge in [0.2, 0.25) is 11.8 Å². The number of amides is 2. The van der Waals surface area contributed by atoms with E-state index < -0.39 is 0 Å². The quantitative estimate of drug-likeness (QED) is 0.641. The summed E-state index contributed by atoms with van der Waals surface area (Å²) in [4.78, 5) is 30.8. The molecule has 2 fully saturated rings. The molecule has 4 rings (SSSR count). The number of nitrogens with zero attached hydrogens (tertiary/aromatic N) is 2. The Bertz CT molecular complexity index is 749. The Morgan fingerprint density at radius 1 is 1.10 bits per heavy atom. The first-order chi connectivity index (χ1) is 10.2. The summed E-state index contributed by atoms with van der Waals surface area (Å²) in [5.74, 6) is -0.193. The fourth-order valence-electron chi connectivity index (χ4n) is 3.52. The summed E-state index contributed by atoms with van der Waals surface area (Å²) in [6.07, 6.45) is 4.00. The standard InChI is InChI=1S/C16H15N3O2/c17-12-5-6-13(11-2-1-7-18-14(11)12)19-15(20)9-3-4-10(8-9)16(19)21/h1-2,5-7,9-10H,3-4,8,17H2. The lowest BCUT2D eigenvalue weighted by molar-refractivity contribution is -0.132. The van der Waals surface area contributed by atoms with Crippen LogP contribution >= 0.6 is 0 Å². The Morgan fingerprint density at radius 2 is 1.81 bits per heavy atom. The van der Waals surface area contributed by atoms with E-state index in [4.69, 9.17) is 5.73 Å². The van der Waals surface area contributed by atoms with Crippen molar-refractivity contribution in [2.24, 2.45) is 11.8 Å². The van der Waals surface area contributed by atoms with Crippen LogP contribution in [0, 0.1) is 11.8 Å². The highest BCUT2D eigenvalue weighted by Crippen LogP contribution is 2.41. The van der Waals surface area contributed by atoms with Crippen molar-refractivity contribution in [3.8, 4) is 0 Å². The summed E-state index contributed by atoms with van der Waals surface area (Å²) >= 11 is 0. The summed E-state index contributed by atoms with van der Waals surface area (Å²) in [7, 11) is 0. The van der Waals surface area contributed by atoms with Crippen LogP contribution in [0.4, 0.5) is 11.4 Å². The first-order valence-corrected chi connectivity index (χ1v) is 7.18. The summed E-state index contributed by atoms with van der Waals surface area (Å²) in [6, 6.07) is 7.10. The van der Waals surface area contributed by atoms with Crippen molar-refractivity contribution in [1.82, 2.24) is 4.98 Å². The van der Waals surface area contributed by atoms with Gasteiger partial charge in [0.15, 0.2) is 0 Å². The molecule has 1 saturated carbocycles. The fourth-order valence-corrected chi connectivity index (χ4v) is 3.52. The lowest BCUT2D eigenvalue weighted by atomic mass is 9.96. The van der Waals surface area contributed by atoms with E-state index in [2.05, 4.69) is 4.98 Å². The van der Waals surface area contributed by atoms with E-state index in [0.717, 1.165) is 18.2 Å². The zero-order valence-corrected chi connectivity index (χ0v) is 11.5. The van der Waals surface area contributed by atoms with E-state index in [1.165, 1.54) is 4.90 Å². The van der Waals surface area contributed by atoms with Gasteiger partial charge in [0, 0.05) is 23.4 Å². The van der Waals surface area contributed by atoms with E-state index in [0.29, 0.717) is 23.3 Å². The lowest BCUT2D eigenvalue weighted by Crippen LogP contribution is -2.46. The van der Waals surface area contributed by atoms with Crippen molar-refractivity contribution in [1.29, 1.82) is 0 Å². The van der Waals surface area contributed by atoms with Crippen LogP contribution in [-0.4, -0.2) is 16.8 Å². The molecule has 5 heteroatoms. The van der Waals surface area contributed by atoms with Gasteiger partial charge < -0.3 is 5.73 Å². The summed E-state index contributed by atoms with van der Waals surface area (Å²) in [6.45, 7) is 0. The molecule has 2 aliphatic rings. The van der Waals surface area contributed by atoms with Gasteiger partial charge in [0.1, 0.15) is 0 Å². The predicted octanol–water partition coefficient (Wildman–Crippen LogP) is 2.11. The number of rotatable bonds is 1. The number of aromatic nitrogens is 1. The number of nitrogens with two attached hydrogens (primary N) is 1. The van der Waals surface area contributed by atoms with Gasteiger partial charge in [0.25, 0.3) is 0 Å². The third-order valence-corrected chi connectivity index (χ3v) is 4.59. The monoisotopic (exact) mass is 281 g/mol. The predicted molar refractivity (Wildman–Crippen MR) is 79.5 cm³/mol. The molecule has 1 aliphatic heterocycles. The van der Waals surface area contributed by atoms with Gasteiger partial charge in [0.05, 0.1) is 16.9 Å². The minimum atomic E-state index is -0.0799. The van der Waals surface area contributed by atoms with Crippen LogP contribution in [0.3, 0.4) is 0 Å². The van der Waals surface area contributed by atoms with E-state index >= 15 is 0 Å². The fraction of sp³-hybridized carbons (Fsp3) is 0.312. The van der Waals surface area contributed by atoms with E-state index in [-0.39, 0.29) is 23.7 Å². The molecule has 2 heterocycles. The molecule has 2 bridgehead atoms. The SMILES string of the molecule is Nc1ccc(N2C(=O)C3CCC(C3)C2=O)c2cccnc12. The maximum Gasteiger partial charge on any atom is 0.236 e. The second kappa shape index (κ2) is 4.28. The maximum absolute atomic E-state index is 12.6. The Kier molecular flexibility index (Phi) is 2.51. The van der Waals surface area contributed by atoms with Crippen LogP contribution in [0.25, 0.3) is 10.9 Å². The lowest BCUT2D eigenvalue weighted by Gasteiger charge is -2.30. The van der Waals surface area contributed by atoms with Crippen molar-refractivity contribution in [2.45, 2.75) is 19.3 Å². The minimum Gasteiger partial charge on any atom is -0.397 e. The Labute approximate surface area is 121 Å². The first kappa shape index (κ1) is 12.3. The summed E-state index contributed by atoms with van der Waals surface area (Å²) in [5, 5.41) is 0.750. The number of hydrogen-bond donors (Lipinski definition) is 1. The Balaban J connectivity index is 1.92. The largest absolute Gasteiger partial charge is 0.397 e. The number of piperidine rings is 1. The van der Waals surface area contributed by atoms with E-state index in [1.807, 2.05) is 6.07 Å². The number of carbonyl (C=O) groups excluding carboxylic acids is 2. The highest BCUT2D eigenvalue weighted by atomic mass is 16.2. The molecule has 1 aromatic heterocycles. The zero-order valence-electron chi connectivity index (χ0n) is 11.5. The number of anilines is 2. The summed E-state index contributed by atoms with van der Waals surface area (Å²) in [5.41, 5.74) is 7.73. The number of imide groups is 1. The average molecular weight is 281 g/mol. The van der Waals surface area contributed by atoms with Crippen molar-refractivity contribution in [3.63, 3.8) is 0 Å². The topological polar surface area (TPSA) is 76.3 Å². The van der Waals surface area contributed by atoms with Crippen LogP contribution in [0.15, 0.2) is 30.5 Å². The Hall–Kier alpha value is -2.43. The van der Waals surface area contributed by atoms with E-state index in [1.54, 1.807) is 24.4 Å². The van der Waals surface area contributed by atoms with Crippen LogP contribution in [0.1, 0.15) is 19.3 Å². The van der Waals surface area contributed by atoms with Crippen LogP contribution < -0.4 is 10.6 Å². The molecule has 2 atom stereocenters. The Morgan fingerprint density at radius 3 is 2.52 bits per heavy atom. The molecule has 21 heavy (non-hydrogen) atoms. The van der Waals surface area contributed by atoms with E-state index in [9.17, 15) is 9.59 Å². The zero-order chi connectivity index (χ0) is 14.6. The molecule has 2 N–H and O–H groups in total. The third kappa shape index (κ3) is 1.67. The first-order valence-electron chi connectivity index (χ1n) is 7.18. The molecule has 5 nitrogen and oxygen atoms in total. The second-order valence-corrected chi connectivity index (χ2v) is 5.79. The molecule has 1 aliphatic carbocycles. The highest BCUT2D eigenvalue weighted by molar-refractivity contribution is 6.22. The number of fused-ring (bicyclic) bond motifs is 3. The molecular weight excluding hydrogens is 266 g/mol. The summed E-state index contributed by atoms with van der Waals surface area (Å²) < 4.78 is 0. The molecule has 1 aromatic carbocycles. The van der Waals surface area contributed by atoms with Gasteiger partial charge in [-0.2, -0.15) is 0 Å². The van der Waals surface area contributed by atoms with Crippen molar-refractivity contribution < 1.29 is 9.59 Å². The minimum absolute atomic E-state index is 0.0167. The van der Waals surface area contributed by atoms with Gasteiger partial charge in [-0.3, -0.25) is 14.6 Å². The van der Waals surface area contributed by atoms with Crippen LogP contribution in [0.5, 0.6) is 0 Å². The number of hydrogen-bond acceptors (Lipinski definition) is 4. The molecule has 2 unspecified atom stereocenters. The van der Waals surface area contributed by atoms with Crippen molar-refractivity contribution >= 4 is 34.1 Å². The number of nitrogen functional groups attached to an aromatic ring is 1. The van der Waals surface area contributed by atoms with Crippen LogP contribution in [0.2, 0.25) is 0 Å². The molecular formula is C16H15N3O2. The molecule has 2 aromatic rings. The highest BCUT2D eigenvalue weighted by Gasteiger charge is 2.46. The number of carbonyl (C=O) groups is 2. The van der Waals surface area contributed by atoms with Gasteiger partial charge in [-0.05, 0) is 43.5 Å². The molecule has 106 valence electrons. The van der Waals surface area contributed by atoms with Crippen molar-refractivity contribution in [2.75, 3.05) is 10.6 Å². The molecule has 0 radical (unpaired) electrons.